The number of likely N-dealkylation sites (tertiary alicyclic amines) is 2. The molecular weight excluding hydrogens is 528 g/mol. The lowest BCUT2D eigenvalue weighted by Crippen LogP contribution is -2.43. The molecule has 2 heterocycles. The van der Waals surface area contributed by atoms with E-state index in [1.807, 2.05) is 88.4 Å². The summed E-state index contributed by atoms with van der Waals surface area (Å²) in [6.45, 7) is 9.32. The molecule has 2 N–H and O–H groups in total. The number of nitrogens with one attached hydrogen (secondary N) is 2. The predicted octanol–water partition coefficient (Wildman–Crippen LogP) is 5.81. The van der Waals surface area contributed by atoms with Gasteiger partial charge in [0.15, 0.2) is 0 Å². The van der Waals surface area contributed by atoms with Crippen LogP contribution in [0.2, 0.25) is 0 Å². The van der Waals surface area contributed by atoms with E-state index < -0.39 is 12.1 Å². The second kappa shape index (κ2) is 14.3. The van der Waals surface area contributed by atoms with Crippen LogP contribution in [-0.4, -0.2) is 58.6 Å². The van der Waals surface area contributed by atoms with E-state index in [1.165, 1.54) is 0 Å². The van der Waals surface area contributed by atoms with Crippen molar-refractivity contribution in [2.75, 3.05) is 23.7 Å². The molecule has 0 aliphatic carbocycles. The summed E-state index contributed by atoms with van der Waals surface area (Å²) in [4.78, 5) is 54.3. The van der Waals surface area contributed by atoms with Crippen molar-refractivity contribution in [3.05, 3.63) is 59.7 Å². The van der Waals surface area contributed by atoms with Crippen LogP contribution in [0.5, 0.6) is 0 Å². The first kappa shape index (κ1) is 31.0. The molecule has 0 spiro atoms. The third-order valence-corrected chi connectivity index (χ3v) is 7.74. The van der Waals surface area contributed by atoms with Crippen LogP contribution >= 0.6 is 0 Å². The standard InChI is InChI=1S/C34H44N4O4/c1-23(2)21-31(39)37-19-5-7-29(37)33(41)35-27-15-11-25(12-16-27)9-10-26-13-17-28(18-14-26)36-34(42)30-8-6-20-38(30)32(40)22-24(3)4/h9-18,23-24,29-30H,5-8,19-22H2,1-4H3,(H,35,41)(H,36,42)/b10-9+/t29-,30-/m0/s1. The van der Waals surface area contributed by atoms with Crippen molar-refractivity contribution in [3.8, 4) is 0 Å². The van der Waals surface area contributed by atoms with Gasteiger partial charge in [0, 0.05) is 37.3 Å². The largest absolute Gasteiger partial charge is 0.331 e. The molecule has 0 unspecified atom stereocenters. The third kappa shape index (κ3) is 8.30. The maximum atomic E-state index is 12.9. The van der Waals surface area contributed by atoms with E-state index in [9.17, 15) is 19.2 Å². The minimum absolute atomic E-state index is 0.0487. The molecule has 0 aromatic heterocycles. The van der Waals surface area contributed by atoms with Gasteiger partial charge in [-0.3, -0.25) is 19.2 Å². The summed E-state index contributed by atoms with van der Waals surface area (Å²) in [5.41, 5.74) is 3.36. The Kier molecular flexibility index (Phi) is 10.6. The Bertz CT molecular complexity index is 1180. The molecule has 0 saturated carbocycles. The van der Waals surface area contributed by atoms with Gasteiger partial charge in [0.1, 0.15) is 12.1 Å². The fraction of sp³-hybridized carbons (Fsp3) is 0.471. The Morgan fingerprint density at radius 3 is 1.36 bits per heavy atom. The highest BCUT2D eigenvalue weighted by Crippen LogP contribution is 2.23. The van der Waals surface area contributed by atoms with Crippen LogP contribution in [0, 0.1) is 11.8 Å². The van der Waals surface area contributed by atoms with Gasteiger partial charge in [-0.05, 0) is 72.9 Å². The van der Waals surface area contributed by atoms with E-state index in [-0.39, 0.29) is 35.5 Å². The average Bonchev–Trinajstić information content (AvgIpc) is 3.63. The molecule has 8 heteroatoms. The van der Waals surface area contributed by atoms with Gasteiger partial charge in [-0.15, -0.1) is 0 Å². The molecule has 4 rings (SSSR count). The number of hydrogen-bond acceptors (Lipinski definition) is 4. The van der Waals surface area contributed by atoms with Crippen molar-refractivity contribution < 1.29 is 19.2 Å². The van der Waals surface area contributed by atoms with Gasteiger partial charge in [-0.2, -0.15) is 0 Å². The summed E-state index contributed by atoms with van der Waals surface area (Å²) in [5, 5.41) is 5.94. The topological polar surface area (TPSA) is 98.8 Å². The van der Waals surface area contributed by atoms with E-state index >= 15 is 0 Å². The van der Waals surface area contributed by atoms with Crippen molar-refractivity contribution in [1.82, 2.24) is 9.80 Å². The second-order valence-corrected chi connectivity index (χ2v) is 12.2. The van der Waals surface area contributed by atoms with Gasteiger partial charge in [-0.25, -0.2) is 0 Å². The number of carbonyl (C=O) groups is 4. The number of amides is 4. The molecule has 2 fully saturated rings. The number of carbonyl (C=O) groups excluding carboxylic acids is 4. The lowest BCUT2D eigenvalue weighted by atomic mass is 10.1. The monoisotopic (exact) mass is 572 g/mol. The average molecular weight is 573 g/mol. The number of anilines is 2. The van der Waals surface area contributed by atoms with Gasteiger partial charge in [0.2, 0.25) is 23.6 Å². The van der Waals surface area contributed by atoms with Crippen molar-refractivity contribution in [2.24, 2.45) is 11.8 Å². The lowest BCUT2D eigenvalue weighted by molar-refractivity contribution is -0.137. The molecule has 4 amide bonds. The normalized spacial score (nSPS) is 18.7. The molecule has 42 heavy (non-hydrogen) atoms. The van der Waals surface area contributed by atoms with Crippen LogP contribution < -0.4 is 10.6 Å². The van der Waals surface area contributed by atoms with E-state index in [1.54, 1.807) is 9.80 Å². The summed E-state index contributed by atoms with van der Waals surface area (Å²) in [7, 11) is 0. The molecule has 0 bridgehead atoms. The Morgan fingerprint density at radius 2 is 1.02 bits per heavy atom. The Hall–Kier alpha value is -3.94. The quantitative estimate of drug-likeness (QED) is 0.351. The first-order valence-electron chi connectivity index (χ1n) is 15.2. The fourth-order valence-electron chi connectivity index (χ4n) is 5.61. The van der Waals surface area contributed by atoms with E-state index in [2.05, 4.69) is 10.6 Å². The Morgan fingerprint density at radius 1 is 0.667 bits per heavy atom. The van der Waals surface area contributed by atoms with Crippen LogP contribution in [0.25, 0.3) is 12.2 Å². The van der Waals surface area contributed by atoms with Crippen molar-refractivity contribution in [2.45, 2.75) is 78.3 Å². The molecule has 2 aliphatic heterocycles. The van der Waals surface area contributed by atoms with E-state index in [4.69, 9.17) is 0 Å². The molecule has 2 atom stereocenters. The van der Waals surface area contributed by atoms with Gasteiger partial charge >= 0.3 is 0 Å². The molecule has 2 aliphatic rings. The summed E-state index contributed by atoms with van der Waals surface area (Å²) in [6, 6.07) is 14.4. The highest BCUT2D eigenvalue weighted by Gasteiger charge is 2.35. The zero-order valence-corrected chi connectivity index (χ0v) is 25.3. The zero-order chi connectivity index (χ0) is 30.2. The molecule has 2 aromatic rings. The third-order valence-electron chi connectivity index (χ3n) is 7.74. The maximum Gasteiger partial charge on any atom is 0.247 e. The Balaban J connectivity index is 1.28. The van der Waals surface area contributed by atoms with Crippen LogP contribution in [-0.2, 0) is 19.2 Å². The molecule has 0 radical (unpaired) electrons. The summed E-state index contributed by atoms with van der Waals surface area (Å²) in [6.07, 6.45) is 7.96. The fourth-order valence-corrected chi connectivity index (χ4v) is 5.61. The van der Waals surface area contributed by atoms with Crippen molar-refractivity contribution in [3.63, 3.8) is 0 Å². The molecule has 224 valence electrons. The Labute approximate surface area is 249 Å². The predicted molar refractivity (Wildman–Crippen MR) is 167 cm³/mol. The first-order valence-corrected chi connectivity index (χ1v) is 15.2. The lowest BCUT2D eigenvalue weighted by Gasteiger charge is -2.24. The minimum Gasteiger partial charge on any atom is -0.331 e. The smallest absolute Gasteiger partial charge is 0.247 e. The van der Waals surface area contributed by atoms with E-state index in [0.717, 1.165) is 24.0 Å². The van der Waals surface area contributed by atoms with E-state index in [0.29, 0.717) is 50.1 Å². The second-order valence-electron chi connectivity index (χ2n) is 12.2. The van der Waals surface area contributed by atoms with Gasteiger partial charge < -0.3 is 20.4 Å². The molecule has 8 nitrogen and oxygen atoms in total. The van der Waals surface area contributed by atoms with Gasteiger partial charge in [0.05, 0.1) is 0 Å². The minimum atomic E-state index is -0.409. The molecule has 2 saturated heterocycles. The first-order chi connectivity index (χ1) is 20.1. The van der Waals surface area contributed by atoms with Crippen LogP contribution in [0.3, 0.4) is 0 Å². The maximum absolute atomic E-state index is 12.9. The SMILES string of the molecule is CC(C)CC(=O)N1CCC[C@H]1C(=O)Nc1ccc(/C=C/c2ccc(NC(=O)[C@@H]3CCCN3C(=O)CC(C)C)cc2)cc1. The van der Waals surface area contributed by atoms with Crippen LogP contribution in [0.4, 0.5) is 11.4 Å². The van der Waals surface area contributed by atoms with Gasteiger partial charge in [-0.1, -0.05) is 64.1 Å². The highest BCUT2D eigenvalue weighted by atomic mass is 16.2. The number of hydrogen-bond donors (Lipinski definition) is 2. The zero-order valence-electron chi connectivity index (χ0n) is 25.3. The molecule has 2 aromatic carbocycles. The van der Waals surface area contributed by atoms with Crippen LogP contribution in [0.1, 0.15) is 77.3 Å². The summed E-state index contributed by atoms with van der Waals surface area (Å²) < 4.78 is 0. The highest BCUT2D eigenvalue weighted by molar-refractivity contribution is 5.98. The number of benzene rings is 2. The summed E-state index contributed by atoms with van der Waals surface area (Å²) in [5.74, 6) is 0.356. The molecular formula is C34H44N4O4. The van der Waals surface area contributed by atoms with Crippen LogP contribution in [0.15, 0.2) is 48.5 Å². The van der Waals surface area contributed by atoms with Crippen molar-refractivity contribution in [1.29, 1.82) is 0 Å². The van der Waals surface area contributed by atoms with Crippen molar-refractivity contribution >= 4 is 47.2 Å². The van der Waals surface area contributed by atoms with Gasteiger partial charge in [0.25, 0.3) is 0 Å². The number of rotatable bonds is 10. The number of nitrogens with zero attached hydrogens (tertiary/aromatic N) is 2. The summed E-state index contributed by atoms with van der Waals surface area (Å²) >= 11 is 0.